The molecule has 0 heterocycles. The van der Waals surface area contributed by atoms with E-state index in [4.69, 9.17) is 4.74 Å². The van der Waals surface area contributed by atoms with Crippen LogP contribution in [-0.2, 0) is 4.74 Å². The molecule has 0 bridgehead atoms. The first-order valence-electron chi connectivity index (χ1n) is 4.82. The molecule has 0 saturated heterocycles. The number of halogens is 1. The minimum atomic E-state index is -0.213. The van der Waals surface area contributed by atoms with Crippen molar-refractivity contribution in [2.24, 2.45) is 0 Å². The Kier molecular flexibility index (Phi) is 4.40. The van der Waals surface area contributed by atoms with Crippen molar-refractivity contribution in [3.05, 3.63) is 29.6 Å². The zero-order chi connectivity index (χ0) is 10.4. The minimum absolute atomic E-state index is 0.213. The maximum atomic E-state index is 12.9. The summed E-state index contributed by atoms with van der Waals surface area (Å²) in [6.45, 7) is 5.96. The number of hydrogen-bond acceptors (Lipinski definition) is 2. The van der Waals surface area contributed by atoms with Crippen molar-refractivity contribution in [3.8, 4) is 0 Å². The minimum Gasteiger partial charge on any atom is -0.382 e. The van der Waals surface area contributed by atoms with E-state index in [1.807, 2.05) is 13.8 Å². The summed E-state index contributed by atoms with van der Waals surface area (Å²) in [4.78, 5) is 0. The molecule has 0 spiro atoms. The summed E-state index contributed by atoms with van der Waals surface area (Å²) in [6.07, 6.45) is 0. The van der Waals surface area contributed by atoms with Crippen molar-refractivity contribution in [1.82, 2.24) is 0 Å². The van der Waals surface area contributed by atoms with Gasteiger partial charge in [-0.1, -0.05) is 6.07 Å². The van der Waals surface area contributed by atoms with Crippen LogP contribution in [0.4, 0.5) is 10.1 Å². The Bertz CT molecular complexity index is 289. The maximum absolute atomic E-state index is 12.9. The van der Waals surface area contributed by atoms with Crippen LogP contribution in [0.3, 0.4) is 0 Å². The molecule has 0 fully saturated rings. The average Bonchev–Trinajstić information content (AvgIpc) is 2.18. The van der Waals surface area contributed by atoms with Crippen LogP contribution in [0.5, 0.6) is 0 Å². The molecule has 0 saturated carbocycles. The van der Waals surface area contributed by atoms with Gasteiger partial charge in [0.25, 0.3) is 0 Å². The fourth-order valence-electron chi connectivity index (χ4n) is 1.19. The van der Waals surface area contributed by atoms with E-state index < -0.39 is 0 Å². The molecule has 2 nitrogen and oxygen atoms in total. The van der Waals surface area contributed by atoms with Gasteiger partial charge in [0.2, 0.25) is 0 Å². The van der Waals surface area contributed by atoms with E-state index in [0.29, 0.717) is 19.8 Å². The predicted molar refractivity (Wildman–Crippen MR) is 56.1 cm³/mol. The molecule has 0 aliphatic rings. The third kappa shape index (κ3) is 3.34. The summed E-state index contributed by atoms with van der Waals surface area (Å²) in [7, 11) is 0. The largest absolute Gasteiger partial charge is 0.382 e. The van der Waals surface area contributed by atoms with Crippen molar-refractivity contribution < 1.29 is 9.13 Å². The van der Waals surface area contributed by atoms with Crippen LogP contribution in [-0.4, -0.2) is 19.8 Å². The molecule has 78 valence electrons. The number of anilines is 1. The molecular formula is C11H16FNO. The van der Waals surface area contributed by atoms with Crippen LogP contribution < -0.4 is 5.32 Å². The Labute approximate surface area is 84.1 Å². The topological polar surface area (TPSA) is 21.3 Å². The van der Waals surface area contributed by atoms with Crippen molar-refractivity contribution in [3.63, 3.8) is 0 Å². The van der Waals surface area contributed by atoms with E-state index in [1.54, 1.807) is 6.07 Å². The van der Waals surface area contributed by atoms with Crippen molar-refractivity contribution in [1.29, 1.82) is 0 Å². The molecule has 0 amide bonds. The normalized spacial score (nSPS) is 10.2. The number of aryl methyl sites for hydroxylation is 1. The summed E-state index contributed by atoms with van der Waals surface area (Å²) in [5.41, 5.74) is 1.88. The third-order valence-corrected chi connectivity index (χ3v) is 1.97. The number of nitrogens with one attached hydrogen (secondary N) is 1. The van der Waals surface area contributed by atoms with E-state index >= 15 is 0 Å². The first kappa shape index (κ1) is 11.0. The molecule has 1 N–H and O–H groups in total. The molecular weight excluding hydrogens is 181 g/mol. The van der Waals surface area contributed by atoms with Gasteiger partial charge in [-0.25, -0.2) is 4.39 Å². The highest BCUT2D eigenvalue weighted by Crippen LogP contribution is 2.15. The lowest BCUT2D eigenvalue weighted by Crippen LogP contribution is -2.10. The van der Waals surface area contributed by atoms with Crippen LogP contribution in [0.1, 0.15) is 12.5 Å². The SMILES string of the molecule is CCOCCNc1cc(F)ccc1C. The van der Waals surface area contributed by atoms with E-state index in [2.05, 4.69) is 5.32 Å². The first-order chi connectivity index (χ1) is 6.74. The van der Waals surface area contributed by atoms with Gasteiger partial charge in [0.15, 0.2) is 0 Å². The Balaban J connectivity index is 2.45. The highest BCUT2D eigenvalue weighted by Gasteiger charge is 1.98. The van der Waals surface area contributed by atoms with Crippen LogP contribution in [0.2, 0.25) is 0 Å². The summed E-state index contributed by atoms with van der Waals surface area (Å²) in [5.74, 6) is -0.213. The van der Waals surface area contributed by atoms with Gasteiger partial charge >= 0.3 is 0 Å². The van der Waals surface area contributed by atoms with Gasteiger partial charge in [0.05, 0.1) is 6.61 Å². The fraction of sp³-hybridized carbons (Fsp3) is 0.455. The highest BCUT2D eigenvalue weighted by molar-refractivity contribution is 5.50. The number of ether oxygens (including phenoxy) is 1. The monoisotopic (exact) mass is 197 g/mol. The average molecular weight is 197 g/mol. The van der Waals surface area contributed by atoms with Gasteiger partial charge in [-0.3, -0.25) is 0 Å². The summed E-state index contributed by atoms with van der Waals surface area (Å²) in [5, 5.41) is 3.12. The second kappa shape index (κ2) is 5.60. The van der Waals surface area contributed by atoms with Crippen LogP contribution in [0.25, 0.3) is 0 Å². The van der Waals surface area contributed by atoms with Gasteiger partial charge in [0.1, 0.15) is 5.82 Å². The summed E-state index contributed by atoms with van der Waals surface area (Å²) in [6, 6.07) is 4.72. The Morgan fingerprint density at radius 2 is 2.21 bits per heavy atom. The molecule has 0 atom stereocenters. The van der Waals surface area contributed by atoms with Gasteiger partial charge in [-0.05, 0) is 31.5 Å². The number of benzene rings is 1. The smallest absolute Gasteiger partial charge is 0.125 e. The Morgan fingerprint density at radius 3 is 2.93 bits per heavy atom. The zero-order valence-corrected chi connectivity index (χ0v) is 8.64. The van der Waals surface area contributed by atoms with Crippen LogP contribution in [0, 0.1) is 12.7 Å². The van der Waals surface area contributed by atoms with Gasteiger partial charge in [-0.2, -0.15) is 0 Å². The molecule has 0 aliphatic carbocycles. The van der Waals surface area contributed by atoms with Crippen molar-refractivity contribution in [2.45, 2.75) is 13.8 Å². The highest BCUT2D eigenvalue weighted by atomic mass is 19.1. The fourth-order valence-corrected chi connectivity index (χ4v) is 1.19. The molecule has 0 unspecified atom stereocenters. The van der Waals surface area contributed by atoms with E-state index in [-0.39, 0.29) is 5.82 Å². The summed E-state index contributed by atoms with van der Waals surface area (Å²) < 4.78 is 18.0. The Morgan fingerprint density at radius 1 is 1.43 bits per heavy atom. The molecule has 1 aromatic rings. The van der Waals surface area contributed by atoms with Crippen LogP contribution in [0.15, 0.2) is 18.2 Å². The maximum Gasteiger partial charge on any atom is 0.125 e. The molecule has 0 aromatic heterocycles. The van der Waals surface area contributed by atoms with Crippen molar-refractivity contribution >= 4 is 5.69 Å². The van der Waals surface area contributed by atoms with Gasteiger partial charge in [0, 0.05) is 18.8 Å². The lowest BCUT2D eigenvalue weighted by atomic mass is 10.2. The molecule has 1 rings (SSSR count). The summed E-state index contributed by atoms with van der Waals surface area (Å²) >= 11 is 0. The van der Waals surface area contributed by atoms with Gasteiger partial charge in [-0.15, -0.1) is 0 Å². The van der Waals surface area contributed by atoms with Crippen molar-refractivity contribution in [2.75, 3.05) is 25.1 Å². The lowest BCUT2D eigenvalue weighted by molar-refractivity contribution is 0.158. The standard InChI is InChI=1S/C11H16FNO/c1-3-14-7-6-13-11-8-10(12)5-4-9(11)2/h4-5,8,13H,3,6-7H2,1-2H3. The van der Waals surface area contributed by atoms with E-state index in [0.717, 1.165) is 11.3 Å². The first-order valence-corrected chi connectivity index (χ1v) is 4.82. The molecule has 14 heavy (non-hydrogen) atoms. The molecule has 3 heteroatoms. The number of rotatable bonds is 5. The Hall–Kier alpha value is -1.09. The second-order valence-electron chi connectivity index (χ2n) is 3.08. The van der Waals surface area contributed by atoms with Gasteiger partial charge < -0.3 is 10.1 Å². The predicted octanol–water partition coefficient (Wildman–Crippen LogP) is 2.58. The molecule has 1 aromatic carbocycles. The zero-order valence-electron chi connectivity index (χ0n) is 8.64. The lowest BCUT2D eigenvalue weighted by Gasteiger charge is -2.09. The quantitative estimate of drug-likeness (QED) is 0.732. The van der Waals surface area contributed by atoms with E-state index in [9.17, 15) is 4.39 Å². The third-order valence-electron chi connectivity index (χ3n) is 1.97. The molecule has 0 radical (unpaired) electrons. The number of hydrogen-bond donors (Lipinski definition) is 1. The van der Waals surface area contributed by atoms with Crippen LogP contribution >= 0.6 is 0 Å². The molecule has 0 aliphatic heterocycles. The van der Waals surface area contributed by atoms with E-state index in [1.165, 1.54) is 12.1 Å². The second-order valence-corrected chi connectivity index (χ2v) is 3.08.